The van der Waals surface area contributed by atoms with Crippen LogP contribution in [0.5, 0.6) is 0 Å². The molecule has 0 saturated carbocycles. The van der Waals surface area contributed by atoms with Crippen LogP contribution < -0.4 is 4.72 Å². The molecule has 0 aliphatic rings. The normalized spacial score (nSPS) is 16.1. The highest BCUT2D eigenvalue weighted by molar-refractivity contribution is 7.93. The van der Waals surface area contributed by atoms with Crippen molar-refractivity contribution >= 4 is 31.5 Å². The Morgan fingerprint density at radius 1 is 1.19 bits per heavy atom. The van der Waals surface area contributed by atoms with Gasteiger partial charge in [0.05, 0.1) is 11.5 Å². The first-order valence-electron chi connectivity index (χ1n) is 4.69. The zero-order valence-corrected chi connectivity index (χ0v) is 12.2. The van der Waals surface area contributed by atoms with Crippen LogP contribution >= 0.6 is 11.6 Å². The van der Waals surface area contributed by atoms with Gasteiger partial charge in [0.1, 0.15) is 9.84 Å². The number of alkyl halides is 1. The third kappa shape index (κ3) is 6.67. The monoisotopic (exact) mass is 291 g/mol. The quantitative estimate of drug-likeness (QED) is 0.717. The largest absolute Gasteiger partial charge is 0.229 e. The van der Waals surface area contributed by atoms with Crippen molar-refractivity contribution < 1.29 is 16.8 Å². The average molecular weight is 292 g/mol. The van der Waals surface area contributed by atoms with Gasteiger partial charge in [-0.25, -0.2) is 21.6 Å². The smallest absolute Gasteiger partial charge is 0.213 e. The van der Waals surface area contributed by atoms with Gasteiger partial charge in [0.15, 0.2) is 0 Å². The van der Waals surface area contributed by atoms with Crippen molar-refractivity contribution in [1.82, 2.24) is 4.72 Å². The Balaban J connectivity index is 4.61. The summed E-state index contributed by atoms with van der Waals surface area (Å²) >= 11 is 5.82. The van der Waals surface area contributed by atoms with Crippen molar-refractivity contribution in [2.45, 2.75) is 31.7 Å². The Morgan fingerprint density at radius 2 is 1.62 bits per heavy atom. The Hall–Kier alpha value is 0.150. The number of hydrogen-bond acceptors (Lipinski definition) is 4. The van der Waals surface area contributed by atoms with Gasteiger partial charge in [0, 0.05) is 17.2 Å². The number of sulfone groups is 1. The maximum Gasteiger partial charge on any atom is 0.213 e. The average Bonchev–Trinajstić information content (AvgIpc) is 1.97. The van der Waals surface area contributed by atoms with Crippen molar-refractivity contribution in [3.8, 4) is 0 Å². The topological polar surface area (TPSA) is 80.3 Å². The second-order valence-corrected chi connectivity index (χ2v) is 9.14. The van der Waals surface area contributed by atoms with Gasteiger partial charge in [-0.15, -0.1) is 11.6 Å². The standard InChI is InChI=1S/C8H18ClNO4S2/c1-7(9)8(2,3)10-16(13,14)6-5-15(4,11)12/h7,10H,5-6H2,1-4H3. The fourth-order valence-electron chi connectivity index (χ4n) is 0.794. The molecule has 0 bridgehead atoms. The minimum absolute atomic E-state index is 0.394. The predicted octanol–water partition coefficient (Wildman–Crippen LogP) is 0.356. The molecule has 1 atom stereocenters. The molecule has 0 radical (unpaired) electrons. The van der Waals surface area contributed by atoms with Gasteiger partial charge in [-0.05, 0) is 20.8 Å². The van der Waals surface area contributed by atoms with E-state index in [0.717, 1.165) is 6.26 Å². The lowest BCUT2D eigenvalue weighted by molar-refractivity contribution is 0.445. The number of sulfonamides is 1. The molecule has 0 aromatic carbocycles. The second kappa shape index (κ2) is 5.20. The SMILES string of the molecule is CC(Cl)C(C)(C)NS(=O)(=O)CCS(C)(=O)=O. The molecule has 0 aliphatic heterocycles. The van der Waals surface area contributed by atoms with E-state index in [1.54, 1.807) is 20.8 Å². The van der Waals surface area contributed by atoms with Crippen LogP contribution in [0.1, 0.15) is 20.8 Å². The van der Waals surface area contributed by atoms with Crippen LogP contribution in [0.4, 0.5) is 0 Å². The van der Waals surface area contributed by atoms with Crippen LogP contribution in [-0.4, -0.2) is 45.5 Å². The molecule has 1 N–H and O–H groups in total. The van der Waals surface area contributed by atoms with E-state index < -0.39 is 42.3 Å². The summed E-state index contributed by atoms with van der Waals surface area (Å²) in [5.41, 5.74) is -0.808. The fraction of sp³-hybridized carbons (Fsp3) is 1.00. The molecular formula is C8H18ClNO4S2. The summed E-state index contributed by atoms with van der Waals surface area (Å²) in [7, 11) is -6.92. The molecular weight excluding hydrogens is 274 g/mol. The molecule has 0 saturated heterocycles. The van der Waals surface area contributed by atoms with Crippen LogP contribution in [0.3, 0.4) is 0 Å². The van der Waals surface area contributed by atoms with Crippen LogP contribution in [0.15, 0.2) is 0 Å². The van der Waals surface area contributed by atoms with E-state index in [4.69, 9.17) is 11.6 Å². The zero-order valence-electron chi connectivity index (χ0n) is 9.82. The number of hydrogen-bond donors (Lipinski definition) is 1. The summed E-state index contributed by atoms with van der Waals surface area (Å²) in [5, 5.41) is -0.402. The molecule has 0 spiro atoms. The van der Waals surface area contributed by atoms with Gasteiger partial charge < -0.3 is 0 Å². The molecule has 98 valence electrons. The minimum atomic E-state index is -3.63. The van der Waals surface area contributed by atoms with E-state index in [2.05, 4.69) is 4.72 Å². The summed E-state index contributed by atoms with van der Waals surface area (Å²) in [6.45, 7) is 4.95. The van der Waals surface area contributed by atoms with Crippen LogP contribution in [0.25, 0.3) is 0 Å². The van der Waals surface area contributed by atoms with E-state index in [-0.39, 0.29) is 0 Å². The minimum Gasteiger partial charge on any atom is -0.229 e. The molecule has 0 aliphatic carbocycles. The van der Waals surface area contributed by atoms with Gasteiger partial charge in [-0.3, -0.25) is 0 Å². The highest BCUT2D eigenvalue weighted by Crippen LogP contribution is 2.15. The summed E-state index contributed by atoms with van der Waals surface area (Å²) in [4.78, 5) is 0. The Morgan fingerprint density at radius 3 is 1.94 bits per heavy atom. The third-order valence-corrected chi connectivity index (χ3v) is 5.46. The van der Waals surface area contributed by atoms with Crippen molar-refractivity contribution in [2.24, 2.45) is 0 Å². The molecule has 16 heavy (non-hydrogen) atoms. The highest BCUT2D eigenvalue weighted by Gasteiger charge is 2.29. The first kappa shape index (κ1) is 16.1. The van der Waals surface area contributed by atoms with Crippen LogP contribution in [0.2, 0.25) is 0 Å². The lowest BCUT2D eigenvalue weighted by Gasteiger charge is -2.28. The molecule has 0 rings (SSSR count). The Bertz CT molecular complexity index is 425. The predicted molar refractivity (Wildman–Crippen MR) is 66.0 cm³/mol. The van der Waals surface area contributed by atoms with Gasteiger partial charge in [0.25, 0.3) is 0 Å². The first-order chi connectivity index (χ1) is 6.86. The maximum atomic E-state index is 11.6. The zero-order chi connectivity index (χ0) is 13.2. The van der Waals surface area contributed by atoms with Crippen molar-refractivity contribution in [1.29, 1.82) is 0 Å². The summed E-state index contributed by atoms with van der Waals surface area (Å²) in [6.07, 6.45) is 0.998. The summed E-state index contributed by atoms with van der Waals surface area (Å²) in [5.74, 6) is -0.839. The van der Waals surface area contributed by atoms with Gasteiger partial charge in [0.2, 0.25) is 10.0 Å². The number of halogens is 1. The second-order valence-electron chi connectivity index (χ2n) is 4.39. The van der Waals surface area contributed by atoms with E-state index in [1.165, 1.54) is 0 Å². The first-order valence-corrected chi connectivity index (χ1v) is 8.84. The lowest BCUT2D eigenvalue weighted by Crippen LogP contribution is -2.50. The Labute approximate surface area is 103 Å². The van der Waals surface area contributed by atoms with Crippen molar-refractivity contribution in [3.63, 3.8) is 0 Å². The molecule has 1 unspecified atom stereocenters. The van der Waals surface area contributed by atoms with Crippen molar-refractivity contribution in [2.75, 3.05) is 17.8 Å². The molecule has 0 fully saturated rings. The summed E-state index contributed by atoms with van der Waals surface area (Å²) in [6, 6.07) is 0. The van der Waals surface area contributed by atoms with Crippen LogP contribution in [-0.2, 0) is 19.9 Å². The molecule has 0 heterocycles. The van der Waals surface area contributed by atoms with Crippen molar-refractivity contribution in [3.05, 3.63) is 0 Å². The van der Waals surface area contributed by atoms with Crippen LogP contribution in [0, 0.1) is 0 Å². The number of rotatable bonds is 6. The highest BCUT2D eigenvalue weighted by atomic mass is 35.5. The Kier molecular flexibility index (Phi) is 5.25. The molecule has 5 nitrogen and oxygen atoms in total. The van der Waals surface area contributed by atoms with Gasteiger partial charge in [-0.2, -0.15) is 0 Å². The van der Waals surface area contributed by atoms with Gasteiger partial charge >= 0.3 is 0 Å². The maximum absolute atomic E-state index is 11.6. The molecule has 0 aromatic heterocycles. The van der Waals surface area contributed by atoms with E-state index in [0.29, 0.717) is 0 Å². The summed E-state index contributed by atoms with van der Waals surface area (Å²) < 4.78 is 47.2. The lowest BCUT2D eigenvalue weighted by atomic mass is 10.0. The molecule has 0 aromatic rings. The fourth-order valence-corrected chi connectivity index (χ4v) is 4.08. The van der Waals surface area contributed by atoms with Gasteiger partial charge in [-0.1, -0.05) is 0 Å². The number of nitrogens with one attached hydrogen (secondary N) is 1. The van der Waals surface area contributed by atoms with E-state index >= 15 is 0 Å². The third-order valence-electron chi connectivity index (χ3n) is 2.14. The molecule has 8 heteroatoms. The molecule has 0 amide bonds. The van der Waals surface area contributed by atoms with E-state index in [1.807, 2.05) is 0 Å². The van der Waals surface area contributed by atoms with E-state index in [9.17, 15) is 16.8 Å².